The smallest absolute Gasteiger partial charge is 0.221 e. The number of rotatable bonds is 3. The van der Waals surface area contributed by atoms with Crippen LogP contribution in [0.1, 0.15) is 12.5 Å². The lowest BCUT2D eigenvalue weighted by Gasteiger charge is -2.05. The Morgan fingerprint density at radius 3 is 2.86 bits per heavy atom. The molecule has 0 fully saturated rings. The van der Waals surface area contributed by atoms with Crippen LogP contribution in [-0.2, 0) is 4.79 Å². The topological polar surface area (TPSA) is 55.1 Å². The molecule has 0 aliphatic rings. The number of hydrogen-bond donors (Lipinski definition) is 2. The first-order valence-corrected chi connectivity index (χ1v) is 4.47. The molecule has 0 aromatic heterocycles. The molecule has 3 heteroatoms. The Kier molecular flexibility index (Phi) is 3.88. The third-order valence-electron chi connectivity index (χ3n) is 1.70. The molecule has 74 valence electrons. The molecule has 0 unspecified atom stereocenters. The van der Waals surface area contributed by atoms with Gasteiger partial charge in [-0.05, 0) is 11.6 Å². The van der Waals surface area contributed by atoms with Gasteiger partial charge in [0, 0.05) is 19.2 Å². The van der Waals surface area contributed by atoms with Gasteiger partial charge in [0.25, 0.3) is 0 Å². The monoisotopic (exact) mass is 190 g/mol. The number of anilines is 1. The largest absolute Gasteiger partial charge is 0.327 e. The maximum absolute atomic E-state index is 10.9. The van der Waals surface area contributed by atoms with Gasteiger partial charge in [-0.15, -0.1) is 0 Å². The second kappa shape index (κ2) is 5.19. The summed E-state index contributed by atoms with van der Waals surface area (Å²) in [5.74, 6) is -0.0707. The minimum atomic E-state index is -0.0707. The molecule has 1 aromatic carbocycles. The van der Waals surface area contributed by atoms with E-state index in [0.717, 1.165) is 11.3 Å². The van der Waals surface area contributed by atoms with Crippen molar-refractivity contribution in [2.45, 2.75) is 6.92 Å². The molecule has 0 saturated heterocycles. The van der Waals surface area contributed by atoms with Crippen LogP contribution in [0.2, 0.25) is 0 Å². The zero-order valence-electron chi connectivity index (χ0n) is 8.16. The van der Waals surface area contributed by atoms with E-state index in [-0.39, 0.29) is 5.91 Å². The first kappa shape index (κ1) is 10.5. The molecule has 3 N–H and O–H groups in total. The lowest BCUT2D eigenvalue weighted by molar-refractivity contribution is -0.114. The lowest BCUT2D eigenvalue weighted by atomic mass is 10.1. The van der Waals surface area contributed by atoms with E-state index in [4.69, 9.17) is 5.73 Å². The van der Waals surface area contributed by atoms with Gasteiger partial charge >= 0.3 is 0 Å². The van der Waals surface area contributed by atoms with E-state index in [2.05, 4.69) is 5.32 Å². The van der Waals surface area contributed by atoms with Crippen LogP contribution in [0.5, 0.6) is 0 Å². The summed E-state index contributed by atoms with van der Waals surface area (Å²) in [4.78, 5) is 10.9. The van der Waals surface area contributed by atoms with Gasteiger partial charge in [-0.2, -0.15) is 0 Å². The van der Waals surface area contributed by atoms with Crippen LogP contribution >= 0.6 is 0 Å². The van der Waals surface area contributed by atoms with E-state index < -0.39 is 0 Å². The molecule has 0 spiro atoms. The number of nitrogens with one attached hydrogen (secondary N) is 1. The number of para-hydroxylation sites is 1. The van der Waals surface area contributed by atoms with Crippen molar-refractivity contribution >= 4 is 17.7 Å². The van der Waals surface area contributed by atoms with Crippen LogP contribution < -0.4 is 11.1 Å². The first-order chi connectivity index (χ1) is 6.74. The third-order valence-corrected chi connectivity index (χ3v) is 1.70. The molecule has 1 rings (SSSR count). The Bertz CT molecular complexity index is 345. The molecule has 1 aromatic rings. The average molecular weight is 190 g/mol. The van der Waals surface area contributed by atoms with Crippen LogP contribution in [0.15, 0.2) is 30.3 Å². The van der Waals surface area contributed by atoms with Crippen LogP contribution in [-0.4, -0.2) is 12.5 Å². The number of amides is 1. The molecule has 3 nitrogen and oxygen atoms in total. The van der Waals surface area contributed by atoms with Gasteiger partial charge in [0.1, 0.15) is 0 Å². The maximum atomic E-state index is 10.9. The van der Waals surface area contributed by atoms with Gasteiger partial charge in [0.15, 0.2) is 0 Å². The average Bonchev–Trinajstić information content (AvgIpc) is 2.16. The zero-order chi connectivity index (χ0) is 10.4. The highest BCUT2D eigenvalue weighted by molar-refractivity contribution is 5.91. The van der Waals surface area contributed by atoms with Crippen molar-refractivity contribution in [2.75, 3.05) is 11.9 Å². The molecule has 0 saturated carbocycles. The molecule has 0 aliphatic heterocycles. The van der Waals surface area contributed by atoms with Crippen LogP contribution in [0.4, 0.5) is 5.69 Å². The molecule has 14 heavy (non-hydrogen) atoms. The van der Waals surface area contributed by atoms with E-state index in [0.29, 0.717) is 6.54 Å². The summed E-state index contributed by atoms with van der Waals surface area (Å²) in [5.41, 5.74) is 7.13. The predicted octanol–water partition coefficient (Wildman–Crippen LogP) is 1.62. The summed E-state index contributed by atoms with van der Waals surface area (Å²) in [6.45, 7) is 1.98. The minimum Gasteiger partial charge on any atom is -0.327 e. The van der Waals surface area contributed by atoms with E-state index >= 15 is 0 Å². The van der Waals surface area contributed by atoms with Gasteiger partial charge in [0.2, 0.25) is 5.91 Å². The van der Waals surface area contributed by atoms with Crippen molar-refractivity contribution in [3.8, 4) is 0 Å². The van der Waals surface area contributed by atoms with Crippen molar-refractivity contribution < 1.29 is 4.79 Å². The summed E-state index contributed by atoms with van der Waals surface area (Å²) in [5, 5.41) is 2.75. The standard InChI is InChI=1S/C11H14N2O/c1-9(14)13-11-7-3-2-5-10(11)6-4-8-12/h2-7H,8,12H2,1H3,(H,13,14). The highest BCUT2D eigenvalue weighted by Crippen LogP contribution is 2.16. The van der Waals surface area contributed by atoms with Gasteiger partial charge < -0.3 is 11.1 Å². The fourth-order valence-corrected chi connectivity index (χ4v) is 1.14. The number of nitrogens with two attached hydrogens (primary N) is 1. The van der Waals surface area contributed by atoms with Crippen LogP contribution in [0.25, 0.3) is 6.08 Å². The quantitative estimate of drug-likeness (QED) is 0.761. The van der Waals surface area contributed by atoms with E-state index in [1.807, 2.05) is 36.4 Å². The normalized spacial score (nSPS) is 10.4. The minimum absolute atomic E-state index is 0.0707. The SMILES string of the molecule is CC(=O)Nc1ccccc1C=CCN. The Balaban J connectivity index is 2.90. The van der Waals surface area contributed by atoms with Crippen molar-refractivity contribution in [3.63, 3.8) is 0 Å². The van der Waals surface area contributed by atoms with E-state index in [1.165, 1.54) is 6.92 Å². The van der Waals surface area contributed by atoms with E-state index in [1.54, 1.807) is 0 Å². The summed E-state index contributed by atoms with van der Waals surface area (Å²) < 4.78 is 0. The van der Waals surface area contributed by atoms with Crippen molar-refractivity contribution in [1.29, 1.82) is 0 Å². The Labute approximate surface area is 83.6 Å². The number of benzene rings is 1. The van der Waals surface area contributed by atoms with Gasteiger partial charge in [-0.1, -0.05) is 30.4 Å². The number of carbonyl (C=O) groups is 1. The van der Waals surface area contributed by atoms with Crippen LogP contribution in [0.3, 0.4) is 0 Å². The summed E-state index contributed by atoms with van der Waals surface area (Å²) >= 11 is 0. The number of carbonyl (C=O) groups excluding carboxylic acids is 1. The number of hydrogen-bond acceptors (Lipinski definition) is 2. The van der Waals surface area contributed by atoms with Gasteiger partial charge in [0.05, 0.1) is 0 Å². The highest BCUT2D eigenvalue weighted by atomic mass is 16.1. The molecule has 0 bridgehead atoms. The molecule has 0 atom stereocenters. The van der Waals surface area contributed by atoms with Crippen molar-refractivity contribution in [1.82, 2.24) is 0 Å². The molecule has 0 heterocycles. The molecule has 1 amide bonds. The fraction of sp³-hybridized carbons (Fsp3) is 0.182. The first-order valence-electron chi connectivity index (χ1n) is 4.47. The molecule has 0 radical (unpaired) electrons. The van der Waals surface area contributed by atoms with E-state index in [9.17, 15) is 4.79 Å². The summed E-state index contributed by atoms with van der Waals surface area (Å²) in [6, 6.07) is 7.58. The fourth-order valence-electron chi connectivity index (χ4n) is 1.14. The zero-order valence-corrected chi connectivity index (χ0v) is 8.16. The maximum Gasteiger partial charge on any atom is 0.221 e. The molecular weight excluding hydrogens is 176 g/mol. The second-order valence-corrected chi connectivity index (χ2v) is 2.91. The van der Waals surface area contributed by atoms with Gasteiger partial charge in [-0.25, -0.2) is 0 Å². The Hall–Kier alpha value is -1.61. The van der Waals surface area contributed by atoms with Crippen LogP contribution in [0, 0.1) is 0 Å². The highest BCUT2D eigenvalue weighted by Gasteiger charge is 1.98. The van der Waals surface area contributed by atoms with Crippen molar-refractivity contribution in [2.24, 2.45) is 5.73 Å². The summed E-state index contributed by atoms with van der Waals surface area (Å²) in [7, 11) is 0. The molecule has 0 aliphatic carbocycles. The Morgan fingerprint density at radius 2 is 2.21 bits per heavy atom. The lowest BCUT2D eigenvalue weighted by Crippen LogP contribution is -2.06. The Morgan fingerprint density at radius 1 is 1.50 bits per heavy atom. The third kappa shape index (κ3) is 3.03. The van der Waals surface area contributed by atoms with Gasteiger partial charge in [-0.3, -0.25) is 4.79 Å². The predicted molar refractivity (Wildman–Crippen MR) is 58.8 cm³/mol. The van der Waals surface area contributed by atoms with Crippen molar-refractivity contribution in [3.05, 3.63) is 35.9 Å². The second-order valence-electron chi connectivity index (χ2n) is 2.91. The summed E-state index contributed by atoms with van der Waals surface area (Å²) in [6.07, 6.45) is 3.74. The molecular formula is C11H14N2O.